The van der Waals surface area contributed by atoms with E-state index in [1.807, 2.05) is 24.3 Å². The molecule has 0 amide bonds. The third-order valence-electron chi connectivity index (χ3n) is 5.12. The minimum atomic E-state index is -0.238. The Bertz CT molecular complexity index is 798. The van der Waals surface area contributed by atoms with Gasteiger partial charge in [0.05, 0.1) is 19.8 Å². The largest absolute Gasteiger partial charge is 0.380 e. The maximum Gasteiger partial charge on any atom is 0.193 e. The molecule has 1 aliphatic heterocycles. The highest BCUT2D eigenvalue weighted by Crippen LogP contribution is 2.18. The van der Waals surface area contributed by atoms with E-state index in [1.165, 1.54) is 11.6 Å². The number of ether oxygens (including phenoxy) is 2. The van der Waals surface area contributed by atoms with E-state index in [0.717, 1.165) is 37.6 Å². The molecular weight excluding hydrogens is 369 g/mol. The van der Waals surface area contributed by atoms with Crippen molar-refractivity contribution in [3.63, 3.8) is 0 Å². The predicted octanol–water partition coefficient (Wildman–Crippen LogP) is 3.59. The molecule has 2 aromatic carbocycles. The number of guanidine groups is 1. The summed E-state index contributed by atoms with van der Waals surface area (Å²) in [5, 5.41) is 3.39. The molecule has 0 aromatic heterocycles. The number of nitrogens with one attached hydrogen (secondary N) is 1. The molecule has 3 rings (SSSR count). The lowest BCUT2D eigenvalue weighted by Crippen LogP contribution is -2.39. The van der Waals surface area contributed by atoms with E-state index in [9.17, 15) is 4.39 Å². The molecule has 156 valence electrons. The minimum absolute atomic E-state index is 0.238. The molecule has 1 unspecified atom stereocenters. The Labute approximate surface area is 172 Å². The maximum absolute atomic E-state index is 13.8. The number of likely N-dealkylation sites (tertiary alicyclic amines) is 1. The molecule has 0 radical (unpaired) electrons. The fourth-order valence-electron chi connectivity index (χ4n) is 3.60. The van der Waals surface area contributed by atoms with Gasteiger partial charge >= 0.3 is 0 Å². The molecule has 29 heavy (non-hydrogen) atoms. The minimum Gasteiger partial charge on any atom is -0.380 e. The summed E-state index contributed by atoms with van der Waals surface area (Å²) in [6.45, 7) is 4.14. The first-order chi connectivity index (χ1) is 14.2. The number of methoxy groups -OCH3 is 1. The van der Waals surface area contributed by atoms with E-state index in [4.69, 9.17) is 9.47 Å². The fraction of sp³-hybridized carbons (Fsp3) is 0.435. The van der Waals surface area contributed by atoms with E-state index in [2.05, 4.69) is 27.3 Å². The van der Waals surface area contributed by atoms with Crippen LogP contribution in [0, 0.1) is 11.7 Å². The predicted molar refractivity (Wildman–Crippen MR) is 113 cm³/mol. The van der Waals surface area contributed by atoms with Crippen LogP contribution in [0.5, 0.6) is 0 Å². The van der Waals surface area contributed by atoms with E-state index in [0.29, 0.717) is 24.6 Å². The first-order valence-electron chi connectivity index (χ1n) is 10.0. The van der Waals surface area contributed by atoms with E-state index >= 15 is 0 Å². The van der Waals surface area contributed by atoms with Crippen molar-refractivity contribution in [2.45, 2.75) is 26.2 Å². The van der Waals surface area contributed by atoms with Gasteiger partial charge in [-0.25, -0.2) is 4.39 Å². The Morgan fingerprint density at radius 2 is 2.00 bits per heavy atom. The van der Waals surface area contributed by atoms with Crippen LogP contribution < -0.4 is 5.32 Å². The number of rotatable bonds is 8. The van der Waals surface area contributed by atoms with Gasteiger partial charge in [0, 0.05) is 45.3 Å². The Morgan fingerprint density at radius 1 is 1.17 bits per heavy atom. The highest BCUT2D eigenvalue weighted by molar-refractivity contribution is 5.80. The number of hydrogen-bond acceptors (Lipinski definition) is 3. The molecule has 1 saturated heterocycles. The standard InChI is InChI=1S/C23H30FN3O2/c1-25-23(26-13-19-8-9-22(24)21(12-19)17-28-2)27-11-10-20(14-27)16-29-15-18-6-4-3-5-7-18/h3-9,12,20H,10-11,13-17H2,1-2H3,(H,25,26). The van der Waals surface area contributed by atoms with Gasteiger partial charge in [0.15, 0.2) is 5.96 Å². The van der Waals surface area contributed by atoms with Crippen LogP contribution in [0.4, 0.5) is 4.39 Å². The zero-order chi connectivity index (χ0) is 20.5. The summed E-state index contributed by atoms with van der Waals surface area (Å²) in [5.41, 5.74) is 2.77. The zero-order valence-corrected chi connectivity index (χ0v) is 17.2. The summed E-state index contributed by atoms with van der Waals surface area (Å²) in [4.78, 5) is 6.68. The number of hydrogen-bond donors (Lipinski definition) is 1. The molecule has 0 spiro atoms. The zero-order valence-electron chi connectivity index (χ0n) is 17.2. The van der Waals surface area contributed by atoms with Crippen molar-refractivity contribution in [3.05, 3.63) is 71.0 Å². The van der Waals surface area contributed by atoms with Gasteiger partial charge in [-0.2, -0.15) is 0 Å². The third kappa shape index (κ3) is 6.27. The molecule has 1 fully saturated rings. The van der Waals surface area contributed by atoms with Gasteiger partial charge in [0.2, 0.25) is 0 Å². The number of benzene rings is 2. The smallest absolute Gasteiger partial charge is 0.193 e. The summed E-state index contributed by atoms with van der Waals surface area (Å²) in [6, 6.07) is 15.4. The van der Waals surface area contributed by atoms with E-state index in [-0.39, 0.29) is 12.4 Å². The first-order valence-corrected chi connectivity index (χ1v) is 10.0. The highest BCUT2D eigenvalue weighted by atomic mass is 19.1. The van der Waals surface area contributed by atoms with Crippen LogP contribution in [0.3, 0.4) is 0 Å². The van der Waals surface area contributed by atoms with Crippen LogP contribution in [-0.2, 0) is 29.2 Å². The molecule has 2 aromatic rings. The second-order valence-corrected chi connectivity index (χ2v) is 7.36. The number of nitrogens with zero attached hydrogens (tertiary/aromatic N) is 2. The van der Waals surface area contributed by atoms with Crippen LogP contribution in [0.1, 0.15) is 23.1 Å². The molecule has 1 heterocycles. The lowest BCUT2D eigenvalue weighted by molar-refractivity contribution is 0.0906. The fourth-order valence-corrected chi connectivity index (χ4v) is 3.60. The molecule has 0 aliphatic carbocycles. The molecule has 6 heteroatoms. The van der Waals surface area contributed by atoms with Crippen LogP contribution in [0.25, 0.3) is 0 Å². The van der Waals surface area contributed by atoms with E-state index < -0.39 is 0 Å². The second kappa shape index (κ2) is 10.9. The van der Waals surface area contributed by atoms with Crippen molar-refractivity contribution < 1.29 is 13.9 Å². The van der Waals surface area contributed by atoms with Crippen molar-refractivity contribution in [3.8, 4) is 0 Å². The monoisotopic (exact) mass is 399 g/mol. The van der Waals surface area contributed by atoms with Crippen molar-refractivity contribution >= 4 is 5.96 Å². The Kier molecular flexibility index (Phi) is 8.02. The van der Waals surface area contributed by atoms with Gasteiger partial charge in [-0.3, -0.25) is 4.99 Å². The summed E-state index contributed by atoms with van der Waals surface area (Å²) in [6.07, 6.45) is 1.09. The Balaban J connectivity index is 1.45. The van der Waals surface area contributed by atoms with Gasteiger partial charge in [-0.1, -0.05) is 36.4 Å². The number of aliphatic imine (C=N–C) groups is 1. The lowest BCUT2D eigenvalue weighted by atomic mass is 10.1. The van der Waals surface area contributed by atoms with Gasteiger partial charge in [0.1, 0.15) is 5.82 Å². The summed E-state index contributed by atoms with van der Waals surface area (Å²) >= 11 is 0. The van der Waals surface area contributed by atoms with Gasteiger partial charge in [-0.05, 0) is 29.7 Å². The van der Waals surface area contributed by atoms with Crippen molar-refractivity contribution in [1.82, 2.24) is 10.2 Å². The summed E-state index contributed by atoms with van der Waals surface area (Å²) in [7, 11) is 3.36. The van der Waals surface area contributed by atoms with E-state index in [1.54, 1.807) is 20.2 Å². The SMILES string of the molecule is CN=C(NCc1ccc(F)c(COC)c1)N1CCC(COCc2ccccc2)C1. The quantitative estimate of drug-likeness (QED) is 0.544. The normalized spacial score (nSPS) is 17.0. The Morgan fingerprint density at radius 3 is 2.76 bits per heavy atom. The topological polar surface area (TPSA) is 46.1 Å². The summed E-state index contributed by atoms with van der Waals surface area (Å²) in [5.74, 6) is 1.13. The van der Waals surface area contributed by atoms with Crippen molar-refractivity contribution in [1.29, 1.82) is 0 Å². The average Bonchev–Trinajstić information content (AvgIpc) is 3.20. The molecule has 1 aliphatic rings. The molecule has 5 nitrogen and oxygen atoms in total. The van der Waals surface area contributed by atoms with Crippen LogP contribution in [0.2, 0.25) is 0 Å². The van der Waals surface area contributed by atoms with Crippen molar-refractivity contribution in [2.24, 2.45) is 10.9 Å². The van der Waals surface area contributed by atoms with Crippen LogP contribution >= 0.6 is 0 Å². The van der Waals surface area contributed by atoms with Crippen LogP contribution in [-0.4, -0.2) is 44.7 Å². The lowest BCUT2D eigenvalue weighted by Gasteiger charge is -2.22. The molecule has 1 atom stereocenters. The van der Waals surface area contributed by atoms with Gasteiger partial charge in [-0.15, -0.1) is 0 Å². The first kappa shape index (κ1) is 21.3. The maximum atomic E-state index is 13.8. The molecular formula is C23H30FN3O2. The van der Waals surface area contributed by atoms with Crippen molar-refractivity contribution in [2.75, 3.05) is 33.9 Å². The third-order valence-corrected chi connectivity index (χ3v) is 5.12. The second-order valence-electron chi connectivity index (χ2n) is 7.36. The molecule has 0 saturated carbocycles. The van der Waals surface area contributed by atoms with Gasteiger partial charge < -0.3 is 19.7 Å². The average molecular weight is 400 g/mol. The molecule has 1 N–H and O–H groups in total. The van der Waals surface area contributed by atoms with Crippen LogP contribution in [0.15, 0.2) is 53.5 Å². The Hall–Kier alpha value is -2.44. The van der Waals surface area contributed by atoms with Gasteiger partial charge in [0.25, 0.3) is 0 Å². The number of halogens is 1. The molecule has 0 bridgehead atoms. The highest BCUT2D eigenvalue weighted by Gasteiger charge is 2.25. The summed E-state index contributed by atoms with van der Waals surface area (Å²) < 4.78 is 24.7.